The van der Waals surface area contributed by atoms with E-state index in [2.05, 4.69) is 4.98 Å². The van der Waals surface area contributed by atoms with Crippen LogP contribution >= 0.6 is 11.6 Å². The van der Waals surface area contributed by atoms with Gasteiger partial charge in [0.1, 0.15) is 5.69 Å². The third kappa shape index (κ3) is 2.93. The SMILES string of the molecule is CC(C)c1nc(C(=O)O)ccc1-c1ccc(Cl)cc1. The number of hydrogen-bond donors (Lipinski definition) is 1. The average molecular weight is 276 g/mol. The molecule has 98 valence electrons. The highest BCUT2D eigenvalue weighted by Gasteiger charge is 2.14. The second-order valence-electron chi connectivity index (χ2n) is 4.60. The standard InChI is InChI=1S/C15H14ClNO2/c1-9(2)14-12(7-8-13(17-14)15(18)19)10-3-5-11(16)6-4-10/h3-9H,1-2H3,(H,18,19). The van der Waals surface area contributed by atoms with Crippen LogP contribution in [0.4, 0.5) is 0 Å². The summed E-state index contributed by atoms with van der Waals surface area (Å²) in [6.45, 7) is 3.99. The minimum Gasteiger partial charge on any atom is -0.477 e. The number of pyridine rings is 1. The third-order valence-corrected chi connectivity index (χ3v) is 3.10. The maximum atomic E-state index is 11.0. The normalized spacial score (nSPS) is 10.7. The lowest BCUT2D eigenvalue weighted by molar-refractivity contribution is 0.0690. The molecule has 0 radical (unpaired) electrons. The highest BCUT2D eigenvalue weighted by Crippen LogP contribution is 2.29. The summed E-state index contributed by atoms with van der Waals surface area (Å²) in [6, 6.07) is 10.8. The van der Waals surface area contributed by atoms with Gasteiger partial charge in [-0.15, -0.1) is 0 Å². The lowest BCUT2D eigenvalue weighted by Gasteiger charge is -2.12. The Morgan fingerprint density at radius 3 is 2.32 bits per heavy atom. The Morgan fingerprint density at radius 2 is 1.79 bits per heavy atom. The zero-order valence-electron chi connectivity index (χ0n) is 10.7. The number of carbonyl (C=O) groups is 1. The highest BCUT2D eigenvalue weighted by molar-refractivity contribution is 6.30. The molecule has 0 atom stereocenters. The Kier molecular flexibility index (Phi) is 3.86. The molecular formula is C15H14ClNO2. The summed E-state index contributed by atoms with van der Waals surface area (Å²) in [7, 11) is 0. The van der Waals surface area contributed by atoms with E-state index in [1.807, 2.05) is 38.1 Å². The van der Waals surface area contributed by atoms with Crippen molar-refractivity contribution in [2.45, 2.75) is 19.8 Å². The van der Waals surface area contributed by atoms with Gasteiger partial charge in [-0.3, -0.25) is 0 Å². The Labute approximate surface area is 116 Å². The van der Waals surface area contributed by atoms with Crippen molar-refractivity contribution in [2.24, 2.45) is 0 Å². The molecule has 0 fully saturated rings. The number of benzene rings is 1. The molecule has 1 N–H and O–H groups in total. The fourth-order valence-electron chi connectivity index (χ4n) is 1.91. The first-order valence-corrected chi connectivity index (χ1v) is 6.37. The van der Waals surface area contributed by atoms with Gasteiger partial charge in [0.05, 0.1) is 5.69 Å². The van der Waals surface area contributed by atoms with Crippen molar-refractivity contribution in [1.29, 1.82) is 0 Å². The number of aromatic carboxylic acids is 1. The predicted octanol–water partition coefficient (Wildman–Crippen LogP) is 4.22. The zero-order valence-corrected chi connectivity index (χ0v) is 11.5. The maximum Gasteiger partial charge on any atom is 0.354 e. The fourth-order valence-corrected chi connectivity index (χ4v) is 2.03. The number of carboxylic acids is 1. The van der Waals surface area contributed by atoms with Crippen LogP contribution < -0.4 is 0 Å². The third-order valence-electron chi connectivity index (χ3n) is 2.85. The molecule has 1 aromatic carbocycles. The van der Waals surface area contributed by atoms with Crippen molar-refractivity contribution >= 4 is 17.6 Å². The molecule has 0 aliphatic heterocycles. The van der Waals surface area contributed by atoms with Crippen LogP contribution in [0.25, 0.3) is 11.1 Å². The lowest BCUT2D eigenvalue weighted by atomic mass is 9.97. The molecule has 0 bridgehead atoms. The lowest BCUT2D eigenvalue weighted by Crippen LogP contribution is -2.05. The maximum absolute atomic E-state index is 11.0. The van der Waals surface area contributed by atoms with Gasteiger partial charge in [-0.25, -0.2) is 9.78 Å². The van der Waals surface area contributed by atoms with Crippen molar-refractivity contribution in [3.05, 3.63) is 52.8 Å². The van der Waals surface area contributed by atoms with E-state index in [4.69, 9.17) is 16.7 Å². The molecule has 19 heavy (non-hydrogen) atoms. The number of rotatable bonds is 3. The first kappa shape index (κ1) is 13.6. The topological polar surface area (TPSA) is 50.2 Å². The summed E-state index contributed by atoms with van der Waals surface area (Å²) >= 11 is 5.87. The summed E-state index contributed by atoms with van der Waals surface area (Å²) < 4.78 is 0. The zero-order chi connectivity index (χ0) is 14.0. The Hall–Kier alpha value is -1.87. The van der Waals surface area contributed by atoms with Crippen molar-refractivity contribution in [2.75, 3.05) is 0 Å². The van der Waals surface area contributed by atoms with E-state index < -0.39 is 5.97 Å². The molecule has 0 aliphatic carbocycles. The molecule has 4 heteroatoms. The van der Waals surface area contributed by atoms with E-state index in [0.717, 1.165) is 16.8 Å². The molecule has 2 aromatic rings. The molecule has 3 nitrogen and oxygen atoms in total. The molecule has 0 spiro atoms. The van der Waals surface area contributed by atoms with Crippen LogP contribution in [0.2, 0.25) is 5.02 Å². The van der Waals surface area contributed by atoms with Crippen molar-refractivity contribution in [1.82, 2.24) is 4.98 Å². The summed E-state index contributed by atoms with van der Waals surface area (Å²) in [6.07, 6.45) is 0. The Balaban J connectivity index is 2.56. The van der Waals surface area contributed by atoms with Gasteiger partial charge in [0.2, 0.25) is 0 Å². The van der Waals surface area contributed by atoms with E-state index in [-0.39, 0.29) is 11.6 Å². The van der Waals surface area contributed by atoms with Gasteiger partial charge < -0.3 is 5.11 Å². The quantitative estimate of drug-likeness (QED) is 0.912. The van der Waals surface area contributed by atoms with Crippen LogP contribution in [-0.4, -0.2) is 16.1 Å². The van der Waals surface area contributed by atoms with Crippen LogP contribution in [0.5, 0.6) is 0 Å². The van der Waals surface area contributed by atoms with Gasteiger partial charge in [-0.05, 0) is 29.7 Å². The number of carboxylic acid groups (broad SMARTS) is 1. The van der Waals surface area contributed by atoms with Gasteiger partial charge in [0.15, 0.2) is 0 Å². The molecule has 0 unspecified atom stereocenters. The van der Waals surface area contributed by atoms with E-state index in [9.17, 15) is 4.79 Å². The molecule has 1 heterocycles. The molecule has 0 saturated heterocycles. The van der Waals surface area contributed by atoms with Crippen molar-refractivity contribution in [3.63, 3.8) is 0 Å². The molecule has 2 rings (SSSR count). The van der Waals surface area contributed by atoms with E-state index in [1.165, 1.54) is 6.07 Å². The monoisotopic (exact) mass is 275 g/mol. The highest BCUT2D eigenvalue weighted by atomic mass is 35.5. The number of aromatic nitrogens is 1. The van der Waals surface area contributed by atoms with Gasteiger partial charge in [-0.2, -0.15) is 0 Å². The average Bonchev–Trinajstić information content (AvgIpc) is 2.38. The largest absolute Gasteiger partial charge is 0.477 e. The second-order valence-corrected chi connectivity index (χ2v) is 5.03. The number of hydrogen-bond acceptors (Lipinski definition) is 2. The molecule has 0 amide bonds. The summed E-state index contributed by atoms with van der Waals surface area (Å²) in [4.78, 5) is 15.2. The smallest absolute Gasteiger partial charge is 0.354 e. The van der Waals surface area contributed by atoms with E-state index >= 15 is 0 Å². The number of nitrogens with zero attached hydrogens (tertiary/aromatic N) is 1. The van der Waals surface area contributed by atoms with Crippen molar-refractivity contribution < 1.29 is 9.90 Å². The van der Waals surface area contributed by atoms with Gasteiger partial charge in [0, 0.05) is 10.6 Å². The van der Waals surface area contributed by atoms with Crippen LogP contribution in [0.15, 0.2) is 36.4 Å². The minimum atomic E-state index is -1.01. The molecule has 1 aromatic heterocycles. The van der Waals surface area contributed by atoms with Crippen LogP contribution in [-0.2, 0) is 0 Å². The van der Waals surface area contributed by atoms with Crippen LogP contribution in [0, 0.1) is 0 Å². The Bertz CT molecular complexity index is 606. The van der Waals surface area contributed by atoms with E-state index in [1.54, 1.807) is 6.07 Å². The summed E-state index contributed by atoms with van der Waals surface area (Å²) in [5.74, 6) is -0.866. The van der Waals surface area contributed by atoms with E-state index in [0.29, 0.717) is 5.02 Å². The molecule has 0 saturated carbocycles. The Morgan fingerprint density at radius 1 is 1.16 bits per heavy atom. The fraction of sp³-hybridized carbons (Fsp3) is 0.200. The summed E-state index contributed by atoms with van der Waals surface area (Å²) in [5, 5.41) is 9.68. The summed E-state index contributed by atoms with van der Waals surface area (Å²) in [5.41, 5.74) is 2.78. The minimum absolute atomic E-state index is 0.0708. The molecule has 0 aliphatic rings. The van der Waals surface area contributed by atoms with Crippen LogP contribution in [0.3, 0.4) is 0 Å². The van der Waals surface area contributed by atoms with Crippen LogP contribution in [0.1, 0.15) is 35.9 Å². The van der Waals surface area contributed by atoms with Gasteiger partial charge in [0.25, 0.3) is 0 Å². The van der Waals surface area contributed by atoms with Gasteiger partial charge in [-0.1, -0.05) is 43.6 Å². The predicted molar refractivity (Wildman–Crippen MR) is 75.7 cm³/mol. The first-order valence-electron chi connectivity index (χ1n) is 5.99. The van der Waals surface area contributed by atoms with Crippen molar-refractivity contribution in [3.8, 4) is 11.1 Å². The molecular weight excluding hydrogens is 262 g/mol. The van der Waals surface area contributed by atoms with Gasteiger partial charge >= 0.3 is 5.97 Å². The second kappa shape index (κ2) is 5.41. The first-order chi connectivity index (χ1) is 8.99. The number of halogens is 1.